The van der Waals surface area contributed by atoms with Crippen molar-refractivity contribution in [2.75, 3.05) is 7.05 Å². The van der Waals surface area contributed by atoms with Gasteiger partial charge in [-0.1, -0.05) is 13.8 Å². The van der Waals surface area contributed by atoms with Gasteiger partial charge >= 0.3 is 0 Å². The molecule has 0 fully saturated rings. The molecule has 1 radical (unpaired) electrons. The van der Waals surface area contributed by atoms with Gasteiger partial charge in [-0.15, -0.1) is 0 Å². The van der Waals surface area contributed by atoms with Crippen LogP contribution in [-0.2, 0) is 47.1 Å². The molecule has 20 heavy (non-hydrogen) atoms. The van der Waals surface area contributed by atoms with Crippen LogP contribution in [0.15, 0.2) is 0 Å². The minimum atomic E-state index is -0.684. The number of carbonyl (C=O) groups is 3. The van der Waals surface area contributed by atoms with E-state index in [0.29, 0.717) is 12.8 Å². The van der Waals surface area contributed by atoms with Gasteiger partial charge in [0.05, 0.1) is 5.91 Å². The summed E-state index contributed by atoms with van der Waals surface area (Å²) in [7, 11) is 1.53. The molecule has 6 nitrogen and oxygen atoms in total. The molecule has 0 aliphatic carbocycles. The maximum Gasteiger partial charge on any atom is 0.222 e. The van der Waals surface area contributed by atoms with Crippen LogP contribution in [0.3, 0.4) is 0 Å². The molecule has 7 heteroatoms. The van der Waals surface area contributed by atoms with Crippen molar-refractivity contribution in [3.8, 4) is 0 Å². The van der Waals surface area contributed by atoms with E-state index in [1.807, 2.05) is 0 Å². The second-order valence-corrected chi connectivity index (χ2v) is 4.56. The first-order valence-electron chi connectivity index (χ1n) is 6.09. The zero-order valence-corrected chi connectivity index (χ0v) is 15.6. The molecule has 4 N–H and O–H groups in total. The minimum absolute atomic E-state index is 0. The van der Waals surface area contributed by atoms with E-state index < -0.39 is 23.7 Å². The Morgan fingerprint density at radius 1 is 1.20 bits per heavy atom. The first-order chi connectivity index (χ1) is 8.33. The summed E-state index contributed by atoms with van der Waals surface area (Å²) in [6.07, 6.45) is 1.05. The van der Waals surface area contributed by atoms with Crippen LogP contribution in [0.2, 0.25) is 0 Å². The van der Waals surface area contributed by atoms with Crippen molar-refractivity contribution < 1.29 is 47.1 Å². The van der Waals surface area contributed by atoms with Crippen LogP contribution in [0.4, 0.5) is 0 Å². The summed E-state index contributed by atoms with van der Waals surface area (Å²) in [5.74, 6) is -2.74. The van der Waals surface area contributed by atoms with Gasteiger partial charge < -0.3 is 29.0 Å². The van der Waals surface area contributed by atoms with Crippen LogP contribution in [0, 0.1) is 25.2 Å². The van der Waals surface area contributed by atoms with Crippen molar-refractivity contribution in [2.24, 2.45) is 23.5 Å². The molecule has 3 unspecified atom stereocenters. The maximum absolute atomic E-state index is 11.4. The Morgan fingerprint density at radius 3 is 2.00 bits per heavy atom. The van der Waals surface area contributed by atoms with E-state index in [4.69, 9.17) is 11.5 Å². The number of primary amides is 1. The summed E-state index contributed by atoms with van der Waals surface area (Å²) >= 11 is 0. The second-order valence-electron chi connectivity index (χ2n) is 4.56. The third kappa shape index (κ3) is 8.64. The Labute approximate surface area is 146 Å². The molecule has 0 aromatic rings. The van der Waals surface area contributed by atoms with Gasteiger partial charge in [-0.05, 0) is 19.3 Å². The van der Waals surface area contributed by atoms with E-state index >= 15 is 0 Å². The Balaban J connectivity index is -0.00000144. The second kappa shape index (κ2) is 12.3. The molecule has 0 saturated carbocycles. The van der Waals surface area contributed by atoms with Gasteiger partial charge in [0.25, 0.3) is 0 Å². The summed E-state index contributed by atoms with van der Waals surface area (Å²) in [5.41, 5.74) is 12.4. The predicted molar refractivity (Wildman–Crippen MR) is 74.7 cm³/mol. The van der Waals surface area contributed by atoms with E-state index in [1.54, 1.807) is 13.8 Å². The first-order valence-corrected chi connectivity index (χ1v) is 6.09. The molecule has 0 rings (SSSR count). The molecule has 0 heterocycles. The Kier molecular flexibility index (Phi) is 15.0. The number of nitrogens with one attached hydrogen (secondary N) is 2. The van der Waals surface area contributed by atoms with Gasteiger partial charge in [0.15, 0.2) is 0 Å². The topological polar surface area (TPSA) is 113 Å². The molecule has 0 aromatic carbocycles. The smallest absolute Gasteiger partial charge is 0.222 e. The Hall–Kier alpha value is -0.486. The van der Waals surface area contributed by atoms with E-state index in [9.17, 15) is 14.4 Å². The van der Waals surface area contributed by atoms with Crippen molar-refractivity contribution in [3.63, 3.8) is 0 Å². The summed E-state index contributed by atoms with van der Waals surface area (Å²) in [5, 5.41) is 2.50. The molecule has 0 saturated heterocycles. The minimum Gasteiger partial charge on any atom is -0.668 e. The van der Waals surface area contributed by atoms with Crippen LogP contribution >= 0.6 is 0 Å². The molecule has 0 bridgehead atoms. The van der Waals surface area contributed by atoms with Gasteiger partial charge in [0.2, 0.25) is 11.8 Å². The van der Waals surface area contributed by atoms with E-state index in [0.717, 1.165) is 0 Å². The van der Waals surface area contributed by atoms with Gasteiger partial charge in [0.1, 0.15) is 0 Å². The fourth-order valence-electron chi connectivity index (χ4n) is 1.91. The standard InChI is InChI=1S/C12H23N3O3.CH3.Y/c1-4-8(10(13)16)6-9(11(14)17)5-7(2)12(18)15-3;;/h7-9H,4-6H2,1-3H3,(H5,13,14,15,16,17,18);1H3;/q;-1;/p-1. The predicted octanol–water partition coefficient (Wildman–Crippen LogP) is 1.30. The van der Waals surface area contributed by atoms with Crippen LogP contribution in [0.1, 0.15) is 33.1 Å². The van der Waals surface area contributed by atoms with Crippen molar-refractivity contribution in [1.82, 2.24) is 5.32 Å². The van der Waals surface area contributed by atoms with E-state index in [1.165, 1.54) is 7.05 Å². The SMILES string of the molecule is CCC(CC(CC(C)C(=O)NC)C(N)=O)C([NH-])=O.[CH3-].[Y]. The number of amides is 3. The number of rotatable bonds is 8. The molecule has 0 spiro atoms. The van der Waals surface area contributed by atoms with Crippen molar-refractivity contribution in [3.05, 3.63) is 13.2 Å². The average Bonchev–Trinajstić information content (AvgIpc) is 2.31. The van der Waals surface area contributed by atoms with Crippen molar-refractivity contribution in [1.29, 1.82) is 0 Å². The zero-order chi connectivity index (χ0) is 14.3. The van der Waals surface area contributed by atoms with Crippen molar-refractivity contribution >= 4 is 17.7 Å². The first kappa shape index (κ1) is 24.5. The zero-order valence-electron chi connectivity index (χ0n) is 12.7. The molecule has 3 atom stereocenters. The van der Waals surface area contributed by atoms with Gasteiger partial charge in [-0.2, -0.15) is 0 Å². The quantitative estimate of drug-likeness (QED) is 0.636. The van der Waals surface area contributed by atoms with Gasteiger partial charge in [-0.3, -0.25) is 9.59 Å². The van der Waals surface area contributed by atoms with E-state index in [2.05, 4.69) is 5.32 Å². The molecule has 115 valence electrons. The number of hydrogen-bond donors (Lipinski definition) is 2. The molecule has 0 aliphatic rings. The summed E-state index contributed by atoms with van der Waals surface area (Å²) < 4.78 is 0. The molecule has 3 amide bonds. The van der Waals surface area contributed by atoms with Crippen LogP contribution in [-0.4, -0.2) is 24.8 Å². The maximum atomic E-state index is 11.4. The molecular formula is C13H25N3O3Y-2. The Morgan fingerprint density at radius 2 is 1.70 bits per heavy atom. The monoisotopic (exact) mass is 360 g/mol. The average molecular weight is 360 g/mol. The van der Waals surface area contributed by atoms with Gasteiger partial charge in [-0.25, -0.2) is 0 Å². The number of nitrogens with two attached hydrogens (primary N) is 1. The third-order valence-electron chi connectivity index (χ3n) is 3.17. The van der Waals surface area contributed by atoms with E-state index in [-0.39, 0.29) is 58.4 Å². The fourth-order valence-corrected chi connectivity index (χ4v) is 1.91. The Bertz CT molecular complexity index is 324. The van der Waals surface area contributed by atoms with Crippen molar-refractivity contribution in [2.45, 2.75) is 33.1 Å². The normalized spacial score (nSPS) is 13.9. The summed E-state index contributed by atoms with van der Waals surface area (Å²) in [6, 6.07) is 0. The number of hydrogen-bond acceptors (Lipinski definition) is 3. The van der Waals surface area contributed by atoms with Crippen LogP contribution < -0.4 is 11.1 Å². The molecule has 0 aliphatic heterocycles. The van der Waals surface area contributed by atoms with Crippen LogP contribution in [0.25, 0.3) is 5.73 Å². The third-order valence-corrected chi connectivity index (χ3v) is 3.17. The molecule has 0 aromatic heterocycles. The largest absolute Gasteiger partial charge is 0.668 e. The number of carbonyl (C=O) groups excluding carboxylic acids is 3. The molecular weight excluding hydrogens is 335 g/mol. The fraction of sp³-hybridized carbons (Fsp3) is 0.692. The summed E-state index contributed by atoms with van der Waals surface area (Å²) in [6.45, 7) is 3.50. The van der Waals surface area contributed by atoms with Crippen LogP contribution in [0.5, 0.6) is 0 Å². The summed E-state index contributed by atoms with van der Waals surface area (Å²) in [4.78, 5) is 33.8. The van der Waals surface area contributed by atoms with Gasteiger partial charge in [0, 0.05) is 57.5 Å².